The Hall–Kier alpha value is -0.860. The van der Waals surface area contributed by atoms with E-state index in [2.05, 4.69) is 50.8 Å². The SMILES string of the molecule is Cc1cc(C)cc(CN(CCN)C(C)C)c1. The summed E-state index contributed by atoms with van der Waals surface area (Å²) in [6.45, 7) is 11.4. The van der Waals surface area contributed by atoms with Crippen LogP contribution in [0.1, 0.15) is 30.5 Å². The lowest BCUT2D eigenvalue weighted by molar-refractivity contribution is 0.219. The molecule has 0 saturated carbocycles. The van der Waals surface area contributed by atoms with Crippen LogP contribution < -0.4 is 5.73 Å². The van der Waals surface area contributed by atoms with Crippen molar-refractivity contribution < 1.29 is 0 Å². The topological polar surface area (TPSA) is 29.3 Å². The van der Waals surface area contributed by atoms with Crippen molar-refractivity contribution in [3.05, 3.63) is 34.9 Å². The fourth-order valence-corrected chi connectivity index (χ4v) is 2.08. The van der Waals surface area contributed by atoms with E-state index in [1.165, 1.54) is 16.7 Å². The Morgan fingerprint density at radius 1 is 1.12 bits per heavy atom. The molecule has 0 fully saturated rings. The molecule has 90 valence electrons. The first kappa shape index (κ1) is 13.2. The average molecular weight is 220 g/mol. The number of nitrogens with zero attached hydrogens (tertiary/aromatic N) is 1. The number of rotatable bonds is 5. The van der Waals surface area contributed by atoms with Crippen LogP contribution in [-0.2, 0) is 6.54 Å². The molecule has 0 aliphatic rings. The lowest BCUT2D eigenvalue weighted by Crippen LogP contribution is -2.34. The third-order valence-corrected chi connectivity index (χ3v) is 2.81. The molecule has 0 aliphatic heterocycles. The van der Waals surface area contributed by atoms with Gasteiger partial charge in [-0.05, 0) is 33.3 Å². The van der Waals surface area contributed by atoms with Gasteiger partial charge in [-0.25, -0.2) is 0 Å². The van der Waals surface area contributed by atoms with E-state index in [1.807, 2.05) is 0 Å². The van der Waals surface area contributed by atoms with Gasteiger partial charge in [0.15, 0.2) is 0 Å². The Morgan fingerprint density at radius 2 is 1.69 bits per heavy atom. The first-order valence-corrected chi connectivity index (χ1v) is 6.04. The van der Waals surface area contributed by atoms with Gasteiger partial charge in [-0.2, -0.15) is 0 Å². The molecule has 1 aromatic carbocycles. The first-order valence-electron chi connectivity index (χ1n) is 6.04. The molecule has 0 aromatic heterocycles. The van der Waals surface area contributed by atoms with Gasteiger partial charge in [0.1, 0.15) is 0 Å². The van der Waals surface area contributed by atoms with Crippen LogP contribution in [0.2, 0.25) is 0 Å². The van der Waals surface area contributed by atoms with Gasteiger partial charge in [-0.3, -0.25) is 4.90 Å². The molecule has 1 rings (SSSR count). The van der Waals surface area contributed by atoms with E-state index >= 15 is 0 Å². The van der Waals surface area contributed by atoms with Gasteiger partial charge in [0.05, 0.1) is 0 Å². The van der Waals surface area contributed by atoms with E-state index in [0.29, 0.717) is 6.04 Å². The molecule has 2 N–H and O–H groups in total. The van der Waals surface area contributed by atoms with Crippen LogP contribution in [0.5, 0.6) is 0 Å². The predicted octanol–water partition coefficient (Wildman–Crippen LogP) is 2.47. The van der Waals surface area contributed by atoms with Gasteiger partial charge in [-0.1, -0.05) is 29.3 Å². The normalized spacial score (nSPS) is 11.4. The Kier molecular flexibility index (Phi) is 4.97. The zero-order chi connectivity index (χ0) is 12.1. The summed E-state index contributed by atoms with van der Waals surface area (Å²) in [6.07, 6.45) is 0. The van der Waals surface area contributed by atoms with Gasteiger partial charge < -0.3 is 5.73 Å². The summed E-state index contributed by atoms with van der Waals surface area (Å²) in [5.41, 5.74) is 9.71. The first-order chi connectivity index (χ1) is 7.52. The molecule has 0 radical (unpaired) electrons. The van der Waals surface area contributed by atoms with Crippen LogP contribution in [0.25, 0.3) is 0 Å². The molecule has 2 heteroatoms. The second-order valence-electron chi connectivity index (χ2n) is 4.85. The van der Waals surface area contributed by atoms with Gasteiger partial charge in [0.2, 0.25) is 0 Å². The lowest BCUT2D eigenvalue weighted by atomic mass is 10.1. The summed E-state index contributed by atoms with van der Waals surface area (Å²) >= 11 is 0. The van der Waals surface area contributed by atoms with Crippen molar-refractivity contribution in [1.29, 1.82) is 0 Å². The van der Waals surface area contributed by atoms with Gasteiger partial charge >= 0.3 is 0 Å². The molecule has 0 spiro atoms. The van der Waals surface area contributed by atoms with Crippen LogP contribution in [0.4, 0.5) is 0 Å². The minimum absolute atomic E-state index is 0.546. The second-order valence-corrected chi connectivity index (χ2v) is 4.85. The van der Waals surface area contributed by atoms with Crippen LogP contribution in [0.3, 0.4) is 0 Å². The number of hydrogen-bond acceptors (Lipinski definition) is 2. The van der Waals surface area contributed by atoms with E-state index in [9.17, 15) is 0 Å². The maximum atomic E-state index is 5.64. The third-order valence-electron chi connectivity index (χ3n) is 2.81. The second kappa shape index (κ2) is 6.02. The predicted molar refractivity (Wildman–Crippen MR) is 70.5 cm³/mol. The zero-order valence-electron chi connectivity index (χ0n) is 11.0. The third kappa shape index (κ3) is 3.95. The Morgan fingerprint density at radius 3 is 2.12 bits per heavy atom. The largest absolute Gasteiger partial charge is 0.329 e. The molecule has 0 aliphatic carbocycles. The quantitative estimate of drug-likeness (QED) is 0.826. The summed E-state index contributed by atoms with van der Waals surface area (Å²) in [7, 11) is 0. The smallest absolute Gasteiger partial charge is 0.0237 e. The molecule has 0 bridgehead atoms. The number of aryl methyl sites for hydroxylation is 2. The summed E-state index contributed by atoms with van der Waals surface area (Å²) in [6, 6.07) is 7.29. The van der Waals surface area contributed by atoms with Crippen molar-refractivity contribution in [2.45, 2.75) is 40.3 Å². The molecule has 0 amide bonds. The van der Waals surface area contributed by atoms with Gasteiger partial charge in [-0.15, -0.1) is 0 Å². The highest BCUT2D eigenvalue weighted by atomic mass is 15.1. The fraction of sp³-hybridized carbons (Fsp3) is 0.571. The molecular formula is C14H24N2. The van der Waals surface area contributed by atoms with Crippen LogP contribution in [0, 0.1) is 13.8 Å². The van der Waals surface area contributed by atoms with Crippen molar-refractivity contribution >= 4 is 0 Å². The highest BCUT2D eigenvalue weighted by molar-refractivity contribution is 5.28. The van der Waals surface area contributed by atoms with Crippen molar-refractivity contribution in [2.75, 3.05) is 13.1 Å². The molecule has 0 atom stereocenters. The van der Waals surface area contributed by atoms with Crippen molar-refractivity contribution in [1.82, 2.24) is 4.90 Å². The van der Waals surface area contributed by atoms with Crippen molar-refractivity contribution in [3.63, 3.8) is 0 Å². The van der Waals surface area contributed by atoms with E-state index in [0.717, 1.165) is 19.6 Å². The van der Waals surface area contributed by atoms with Crippen LogP contribution in [-0.4, -0.2) is 24.0 Å². The van der Waals surface area contributed by atoms with Crippen molar-refractivity contribution in [3.8, 4) is 0 Å². The standard InChI is InChI=1S/C14H24N2/c1-11(2)16(6-5-15)10-14-8-12(3)7-13(4)9-14/h7-9,11H,5-6,10,15H2,1-4H3. The Balaban J connectivity index is 2.76. The number of nitrogens with two attached hydrogens (primary N) is 1. The summed E-state index contributed by atoms with van der Waals surface area (Å²) in [5, 5.41) is 0. The molecule has 0 heterocycles. The van der Waals surface area contributed by atoms with E-state index in [4.69, 9.17) is 5.73 Å². The molecule has 0 unspecified atom stereocenters. The van der Waals surface area contributed by atoms with Crippen LogP contribution >= 0.6 is 0 Å². The maximum Gasteiger partial charge on any atom is 0.0237 e. The monoisotopic (exact) mass is 220 g/mol. The number of benzene rings is 1. The van der Waals surface area contributed by atoms with Crippen LogP contribution in [0.15, 0.2) is 18.2 Å². The molecular weight excluding hydrogens is 196 g/mol. The Bertz CT molecular complexity index is 311. The number of hydrogen-bond donors (Lipinski definition) is 1. The molecule has 16 heavy (non-hydrogen) atoms. The minimum atomic E-state index is 0.546. The fourth-order valence-electron chi connectivity index (χ4n) is 2.08. The van der Waals surface area contributed by atoms with Crippen molar-refractivity contribution in [2.24, 2.45) is 5.73 Å². The van der Waals surface area contributed by atoms with E-state index in [-0.39, 0.29) is 0 Å². The molecule has 1 aromatic rings. The summed E-state index contributed by atoms with van der Waals surface area (Å²) < 4.78 is 0. The maximum absolute atomic E-state index is 5.64. The molecule has 2 nitrogen and oxygen atoms in total. The van der Waals surface area contributed by atoms with Gasteiger partial charge in [0.25, 0.3) is 0 Å². The zero-order valence-corrected chi connectivity index (χ0v) is 11.0. The van der Waals surface area contributed by atoms with E-state index in [1.54, 1.807) is 0 Å². The molecule has 0 saturated heterocycles. The summed E-state index contributed by atoms with van der Waals surface area (Å²) in [4.78, 5) is 2.41. The average Bonchev–Trinajstić information content (AvgIpc) is 2.15. The lowest BCUT2D eigenvalue weighted by Gasteiger charge is -2.26. The van der Waals surface area contributed by atoms with Gasteiger partial charge in [0, 0.05) is 25.7 Å². The van der Waals surface area contributed by atoms with E-state index < -0.39 is 0 Å². The minimum Gasteiger partial charge on any atom is -0.329 e. The summed E-state index contributed by atoms with van der Waals surface area (Å²) in [5.74, 6) is 0. The highest BCUT2D eigenvalue weighted by Gasteiger charge is 2.09. The Labute approximate surface area is 99.5 Å². The highest BCUT2D eigenvalue weighted by Crippen LogP contribution is 2.12.